The quantitative estimate of drug-likeness (QED) is 0.847. The smallest absolute Gasteiger partial charge is 0.237 e. The second kappa shape index (κ2) is 4.43. The van der Waals surface area contributed by atoms with Gasteiger partial charge in [-0.2, -0.15) is 0 Å². The van der Waals surface area contributed by atoms with Crippen molar-refractivity contribution in [1.82, 2.24) is 0 Å². The van der Waals surface area contributed by atoms with Gasteiger partial charge in [0.05, 0.1) is 10.4 Å². The minimum absolute atomic E-state index is 0.308. The molecule has 5 heteroatoms. The predicted molar refractivity (Wildman–Crippen MR) is 66.6 cm³/mol. The molecule has 0 aliphatic rings. The monoisotopic (exact) mass is 242 g/mol. The van der Waals surface area contributed by atoms with Gasteiger partial charge in [-0.1, -0.05) is 18.2 Å². The fourth-order valence-electron chi connectivity index (χ4n) is 1.10. The molecule has 0 atom stereocenters. The molecule has 0 amide bonds. The highest BCUT2D eigenvalue weighted by Crippen LogP contribution is 2.21. The highest BCUT2D eigenvalue weighted by atomic mass is 32.2. The Morgan fingerprint density at radius 3 is 2.31 bits per heavy atom. The Balaban J connectivity index is 3.06. The first kappa shape index (κ1) is 13.0. The van der Waals surface area contributed by atoms with E-state index in [0.717, 1.165) is 5.56 Å². The second-order valence-corrected chi connectivity index (χ2v) is 7.01. The Kier molecular flexibility index (Phi) is 3.60. The number of hydrogen-bond acceptors (Lipinski definition) is 3. The standard InChI is InChI=1S/C11H18N2O2S/c1-11(2,3)16(14,15)13-10-7-5-4-6-9(10)8-12/h4-7,13H,8,12H2,1-3H3. The van der Waals surface area contributed by atoms with Crippen molar-refractivity contribution in [3.63, 3.8) is 0 Å². The lowest BCUT2D eigenvalue weighted by atomic mass is 10.2. The van der Waals surface area contributed by atoms with Crippen molar-refractivity contribution in [2.75, 3.05) is 4.72 Å². The van der Waals surface area contributed by atoms with Crippen LogP contribution in [0, 0.1) is 0 Å². The van der Waals surface area contributed by atoms with Crippen LogP contribution in [0.2, 0.25) is 0 Å². The van der Waals surface area contributed by atoms with Crippen LogP contribution in [0.5, 0.6) is 0 Å². The molecular weight excluding hydrogens is 224 g/mol. The van der Waals surface area contributed by atoms with Gasteiger partial charge in [0, 0.05) is 6.54 Å². The molecule has 0 fully saturated rings. The molecule has 0 bridgehead atoms. The SMILES string of the molecule is CC(C)(C)S(=O)(=O)Nc1ccccc1CN. The van der Waals surface area contributed by atoms with Gasteiger partial charge >= 0.3 is 0 Å². The normalized spacial score (nSPS) is 12.5. The maximum atomic E-state index is 11.9. The lowest BCUT2D eigenvalue weighted by molar-refractivity contribution is 0.566. The summed E-state index contributed by atoms with van der Waals surface area (Å²) >= 11 is 0. The van der Waals surface area contributed by atoms with Gasteiger partial charge in [0.15, 0.2) is 0 Å². The molecule has 0 aromatic heterocycles. The molecule has 0 radical (unpaired) electrons. The first-order chi connectivity index (χ1) is 7.28. The van der Waals surface area contributed by atoms with Crippen molar-refractivity contribution < 1.29 is 8.42 Å². The Hall–Kier alpha value is -1.07. The van der Waals surface area contributed by atoms with Crippen molar-refractivity contribution in [2.24, 2.45) is 5.73 Å². The lowest BCUT2D eigenvalue weighted by Crippen LogP contribution is -2.34. The zero-order valence-electron chi connectivity index (χ0n) is 9.82. The van der Waals surface area contributed by atoms with Gasteiger partial charge in [-0.3, -0.25) is 4.72 Å². The van der Waals surface area contributed by atoms with Crippen LogP contribution in [-0.2, 0) is 16.6 Å². The molecule has 16 heavy (non-hydrogen) atoms. The summed E-state index contributed by atoms with van der Waals surface area (Å²) in [5.41, 5.74) is 6.89. The average molecular weight is 242 g/mol. The van der Waals surface area contributed by atoms with E-state index in [-0.39, 0.29) is 0 Å². The van der Waals surface area contributed by atoms with Crippen LogP contribution in [0.1, 0.15) is 26.3 Å². The Labute approximate surface area is 96.9 Å². The topological polar surface area (TPSA) is 72.2 Å². The van der Waals surface area contributed by atoms with Gasteiger partial charge in [0.2, 0.25) is 10.0 Å². The summed E-state index contributed by atoms with van der Waals surface area (Å²) in [5, 5.41) is 0. The van der Waals surface area contributed by atoms with E-state index in [0.29, 0.717) is 12.2 Å². The predicted octanol–water partition coefficient (Wildman–Crippen LogP) is 1.69. The molecule has 3 N–H and O–H groups in total. The van der Waals surface area contributed by atoms with Crippen LogP contribution in [0.3, 0.4) is 0 Å². The van der Waals surface area contributed by atoms with E-state index in [1.807, 2.05) is 6.07 Å². The first-order valence-corrected chi connectivity index (χ1v) is 6.56. The van der Waals surface area contributed by atoms with Gasteiger partial charge < -0.3 is 5.73 Å². The number of anilines is 1. The van der Waals surface area contributed by atoms with Crippen LogP contribution >= 0.6 is 0 Å². The van der Waals surface area contributed by atoms with Crippen molar-refractivity contribution in [3.8, 4) is 0 Å². The van der Waals surface area contributed by atoms with E-state index < -0.39 is 14.8 Å². The molecule has 1 aromatic rings. The molecule has 1 rings (SSSR count). The summed E-state index contributed by atoms with van der Waals surface area (Å²) in [7, 11) is -3.39. The van der Waals surface area contributed by atoms with Crippen molar-refractivity contribution in [3.05, 3.63) is 29.8 Å². The molecular formula is C11H18N2O2S. The largest absolute Gasteiger partial charge is 0.326 e. The van der Waals surface area contributed by atoms with Crippen LogP contribution in [0.25, 0.3) is 0 Å². The number of nitrogens with two attached hydrogens (primary N) is 1. The van der Waals surface area contributed by atoms with Crippen LogP contribution in [0.15, 0.2) is 24.3 Å². The van der Waals surface area contributed by atoms with E-state index >= 15 is 0 Å². The third kappa shape index (κ3) is 2.74. The number of benzene rings is 1. The maximum absolute atomic E-state index is 11.9. The summed E-state index contributed by atoms with van der Waals surface area (Å²) in [6.45, 7) is 5.27. The minimum Gasteiger partial charge on any atom is -0.326 e. The zero-order valence-corrected chi connectivity index (χ0v) is 10.6. The average Bonchev–Trinajstić information content (AvgIpc) is 2.16. The molecule has 4 nitrogen and oxygen atoms in total. The molecule has 0 spiro atoms. The van der Waals surface area contributed by atoms with Gasteiger partial charge in [0.25, 0.3) is 0 Å². The number of hydrogen-bond donors (Lipinski definition) is 2. The third-order valence-corrected chi connectivity index (χ3v) is 4.39. The molecule has 1 aromatic carbocycles. The van der Waals surface area contributed by atoms with Crippen molar-refractivity contribution in [1.29, 1.82) is 0 Å². The fourth-order valence-corrected chi connectivity index (χ4v) is 1.89. The second-order valence-electron chi connectivity index (χ2n) is 4.58. The molecule has 0 heterocycles. The van der Waals surface area contributed by atoms with E-state index in [2.05, 4.69) is 4.72 Å². The first-order valence-electron chi connectivity index (χ1n) is 5.08. The summed E-state index contributed by atoms with van der Waals surface area (Å²) in [6.07, 6.45) is 0. The number of rotatable bonds is 3. The molecule has 0 unspecified atom stereocenters. The number of nitrogens with one attached hydrogen (secondary N) is 1. The van der Waals surface area contributed by atoms with E-state index in [1.54, 1.807) is 39.0 Å². The zero-order chi connectivity index (χ0) is 12.4. The molecule has 0 aliphatic heterocycles. The van der Waals surface area contributed by atoms with Gasteiger partial charge in [-0.15, -0.1) is 0 Å². The highest BCUT2D eigenvalue weighted by molar-refractivity contribution is 7.94. The minimum atomic E-state index is -3.39. The van der Waals surface area contributed by atoms with Crippen LogP contribution in [-0.4, -0.2) is 13.2 Å². The summed E-state index contributed by atoms with van der Waals surface area (Å²) in [5.74, 6) is 0. The fraction of sp³-hybridized carbons (Fsp3) is 0.455. The van der Waals surface area contributed by atoms with Crippen LogP contribution < -0.4 is 10.5 Å². The van der Waals surface area contributed by atoms with E-state index in [1.165, 1.54) is 0 Å². The molecule has 0 saturated carbocycles. The summed E-state index contributed by atoms with van der Waals surface area (Å²) < 4.78 is 25.6. The Bertz CT molecular complexity index is 461. The molecule has 0 saturated heterocycles. The van der Waals surface area contributed by atoms with Crippen molar-refractivity contribution >= 4 is 15.7 Å². The van der Waals surface area contributed by atoms with Gasteiger partial charge in [0.1, 0.15) is 0 Å². The maximum Gasteiger partial charge on any atom is 0.237 e. The highest BCUT2D eigenvalue weighted by Gasteiger charge is 2.29. The van der Waals surface area contributed by atoms with Gasteiger partial charge in [-0.25, -0.2) is 8.42 Å². The Morgan fingerprint density at radius 1 is 1.25 bits per heavy atom. The number of sulfonamides is 1. The van der Waals surface area contributed by atoms with Crippen LogP contribution in [0.4, 0.5) is 5.69 Å². The van der Waals surface area contributed by atoms with E-state index in [9.17, 15) is 8.42 Å². The summed E-state index contributed by atoms with van der Waals surface area (Å²) in [6, 6.07) is 7.13. The van der Waals surface area contributed by atoms with Crippen molar-refractivity contribution in [2.45, 2.75) is 32.1 Å². The van der Waals surface area contributed by atoms with E-state index in [4.69, 9.17) is 5.73 Å². The Morgan fingerprint density at radius 2 is 1.81 bits per heavy atom. The van der Waals surface area contributed by atoms with Gasteiger partial charge in [-0.05, 0) is 32.4 Å². The number of para-hydroxylation sites is 1. The summed E-state index contributed by atoms with van der Waals surface area (Å²) in [4.78, 5) is 0. The molecule has 0 aliphatic carbocycles. The molecule has 90 valence electrons. The third-order valence-electron chi connectivity index (χ3n) is 2.29. The lowest BCUT2D eigenvalue weighted by Gasteiger charge is -2.21.